The average molecular weight is 414 g/mol. The lowest BCUT2D eigenvalue weighted by molar-refractivity contribution is 0.0306. The number of carbonyl (C=O) groups excluding carboxylic acids is 1. The van der Waals surface area contributed by atoms with Gasteiger partial charge in [-0.25, -0.2) is 0 Å². The van der Waals surface area contributed by atoms with Crippen molar-refractivity contribution in [3.63, 3.8) is 0 Å². The number of benzene rings is 2. The number of rotatable bonds is 3. The number of hydrogen-bond donors (Lipinski definition) is 0. The summed E-state index contributed by atoms with van der Waals surface area (Å²) in [5, 5.41) is 1.14. The maximum absolute atomic E-state index is 13.0. The van der Waals surface area contributed by atoms with Gasteiger partial charge in [-0.1, -0.05) is 66.8 Å². The molecule has 2 heterocycles. The van der Waals surface area contributed by atoms with Gasteiger partial charge in [-0.3, -0.25) is 4.79 Å². The van der Waals surface area contributed by atoms with Crippen LogP contribution in [0, 0.1) is 0 Å². The normalized spacial score (nSPS) is 16.9. The number of thiophene rings is 1. The molecule has 1 aliphatic heterocycles. The summed E-state index contributed by atoms with van der Waals surface area (Å²) in [6.07, 6.45) is 9.74. The molecule has 0 unspecified atom stereocenters. The van der Waals surface area contributed by atoms with E-state index in [9.17, 15) is 4.79 Å². The molecule has 3 aromatic rings. The third-order valence-corrected chi connectivity index (χ3v) is 6.71. The minimum Gasteiger partial charge on any atom is -0.378 e. The first kappa shape index (κ1) is 19.0. The molecule has 150 valence electrons. The highest BCUT2D eigenvalue weighted by Gasteiger charge is 2.21. The van der Waals surface area contributed by atoms with Crippen molar-refractivity contribution in [1.29, 1.82) is 0 Å². The maximum atomic E-state index is 13.0. The fourth-order valence-corrected chi connectivity index (χ4v) is 5.07. The topological polar surface area (TPSA) is 29.5 Å². The molecule has 0 radical (unpaired) electrons. The molecule has 1 aromatic heterocycles. The van der Waals surface area contributed by atoms with Crippen molar-refractivity contribution in [3.8, 4) is 0 Å². The predicted octanol–water partition coefficient (Wildman–Crippen LogP) is 5.80. The zero-order valence-electron chi connectivity index (χ0n) is 16.7. The zero-order chi connectivity index (χ0) is 20.3. The van der Waals surface area contributed by atoms with Crippen LogP contribution < -0.4 is 0 Å². The maximum Gasteiger partial charge on any atom is 0.264 e. The number of nitrogens with zero attached hydrogens (tertiary/aromatic N) is 1. The van der Waals surface area contributed by atoms with Gasteiger partial charge in [-0.15, -0.1) is 11.3 Å². The molecule has 30 heavy (non-hydrogen) atoms. The molecule has 4 heteroatoms. The number of carbonyl (C=O) groups is 1. The van der Waals surface area contributed by atoms with Gasteiger partial charge in [0.05, 0.1) is 18.1 Å². The van der Waals surface area contributed by atoms with Crippen LogP contribution in [-0.4, -0.2) is 37.1 Å². The van der Waals surface area contributed by atoms with Crippen LogP contribution in [0.5, 0.6) is 0 Å². The lowest BCUT2D eigenvalue weighted by atomic mass is 10.0. The summed E-state index contributed by atoms with van der Waals surface area (Å²) in [5.41, 5.74) is 4.91. The van der Waals surface area contributed by atoms with E-state index >= 15 is 0 Å². The lowest BCUT2D eigenvalue weighted by Crippen LogP contribution is -2.40. The number of morpholine rings is 1. The van der Waals surface area contributed by atoms with Crippen molar-refractivity contribution < 1.29 is 9.53 Å². The Labute approximate surface area is 180 Å². The summed E-state index contributed by atoms with van der Waals surface area (Å²) < 4.78 is 6.53. The van der Waals surface area contributed by atoms with E-state index in [0.717, 1.165) is 21.4 Å². The van der Waals surface area contributed by atoms with Crippen LogP contribution in [-0.2, 0) is 4.74 Å². The van der Waals surface area contributed by atoms with Gasteiger partial charge in [0.1, 0.15) is 0 Å². The predicted molar refractivity (Wildman–Crippen MR) is 125 cm³/mol. The molecule has 2 aromatic carbocycles. The van der Waals surface area contributed by atoms with Crippen LogP contribution in [0.1, 0.15) is 27.2 Å². The summed E-state index contributed by atoms with van der Waals surface area (Å²) in [5.74, 6) is 0.113. The zero-order valence-corrected chi connectivity index (χ0v) is 17.5. The fraction of sp³-hybridized carbons (Fsp3) is 0.192. The van der Waals surface area contributed by atoms with Crippen LogP contribution in [0.4, 0.5) is 0 Å². The second-order valence-corrected chi connectivity index (χ2v) is 8.60. The van der Waals surface area contributed by atoms with Crippen LogP contribution in [0.25, 0.3) is 21.2 Å². The van der Waals surface area contributed by atoms with Gasteiger partial charge in [0.25, 0.3) is 5.91 Å². The van der Waals surface area contributed by atoms with Crippen molar-refractivity contribution in [1.82, 2.24) is 4.90 Å². The van der Waals surface area contributed by atoms with Crippen LogP contribution in [0.3, 0.4) is 0 Å². The Kier molecular flexibility index (Phi) is 5.35. The van der Waals surface area contributed by atoms with E-state index in [1.807, 2.05) is 11.0 Å². The third-order valence-electron chi connectivity index (χ3n) is 5.63. The average Bonchev–Trinajstić information content (AvgIpc) is 3.10. The quantitative estimate of drug-likeness (QED) is 0.543. The van der Waals surface area contributed by atoms with Crippen molar-refractivity contribution in [2.45, 2.75) is 6.42 Å². The van der Waals surface area contributed by atoms with Crippen LogP contribution in [0.15, 0.2) is 78.9 Å². The summed E-state index contributed by atoms with van der Waals surface area (Å²) in [6.45, 7) is 2.58. The Bertz CT molecular complexity index is 1160. The van der Waals surface area contributed by atoms with Crippen molar-refractivity contribution in [3.05, 3.63) is 94.9 Å². The summed E-state index contributed by atoms with van der Waals surface area (Å²) in [4.78, 5) is 15.7. The third kappa shape index (κ3) is 3.76. The van der Waals surface area contributed by atoms with E-state index in [2.05, 4.69) is 72.8 Å². The largest absolute Gasteiger partial charge is 0.378 e. The van der Waals surface area contributed by atoms with Gasteiger partial charge >= 0.3 is 0 Å². The second-order valence-electron chi connectivity index (χ2n) is 7.52. The van der Waals surface area contributed by atoms with E-state index in [1.54, 1.807) is 11.3 Å². The fourth-order valence-electron chi connectivity index (χ4n) is 4.01. The first-order chi connectivity index (χ1) is 14.8. The molecule has 2 aliphatic rings. The molecule has 1 saturated heterocycles. The molecule has 1 aliphatic carbocycles. The van der Waals surface area contributed by atoms with Gasteiger partial charge < -0.3 is 9.64 Å². The molecule has 1 fully saturated rings. The highest BCUT2D eigenvalue weighted by Crippen LogP contribution is 2.34. The van der Waals surface area contributed by atoms with Gasteiger partial charge in [0.15, 0.2) is 0 Å². The Morgan fingerprint density at radius 3 is 2.63 bits per heavy atom. The smallest absolute Gasteiger partial charge is 0.264 e. The standard InChI is InChI=1S/C26H23NO2S/c28-26(27-14-16-29-17-15-27)25-18-23-22(10-5-11-24(23)30-25)21-9-4-8-20(12-13-21)19-6-2-1-3-7-19/h1-7,9-13,18H,8,14-17H2. The number of fused-ring (bicyclic) bond motifs is 1. The Hall–Kier alpha value is -2.95. The summed E-state index contributed by atoms with van der Waals surface area (Å²) in [7, 11) is 0. The van der Waals surface area contributed by atoms with Crippen molar-refractivity contribution in [2.24, 2.45) is 0 Å². The minimum atomic E-state index is 0.113. The molecule has 1 amide bonds. The second kappa shape index (κ2) is 8.42. The molecular formula is C26H23NO2S. The highest BCUT2D eigenvalue weighted by atomic mass is 32.1. The van der Waals surface area contributed by atoms with Gasteiger partial charge in [-0.2, -0.15) is 0 Å². The number of allylic oxidation sites excluding steroid dienone is 6. The van der Waals surface area contributed by atoms with Crippen molar-refractivity contribution in [2.75, 3.05) is 26.3 Å². The van der Waals surface area contributed by atoms with Gasteiger partial charge in [0, 0.05) is 23.2 Å². The highest BCUT2D eigenvalue weighted by molar-refractivity contribution is 7.20. The Morgan fingerprint density at radius 2 is 1.80 bits per heavy atom. The molecule has 5 rings (SSSR count). The molecule has 0 saturated carbocycles. The Morgan fingerprint density at radius 1 is 0.967 bits per heavy atom. The lowest BCUT2D eigenvalue weighted by Gasteiger charge is -2.26. The molecule has 3 nitrogen and oxygen atoms in total. The first-order valence-corrected chi connectivity index (χ1v) is 11.1. The molecule has 0 spiro atoms. The van der Waals surface area contributed by atoms with E-state index in [1.165, 1.54) is 22.3 Å². The van der Waals surface area contributed by atoms with E-state index in [-0.39, 0.29) is 5.91 Å². The summed E-state index contributed by atoms with van der Waals surface area (Å²) in [6, 6.07) is 18.9. The van der Waals surface area contributed by atoms with E-state index in [4.69, 9.17) is 4.74 Å². The van der Waals surface area contributed by atoms with E-state index < -0.39 is 0 Å². The van der Waals surface area contributed by atoms with E-state index in [0.29, 0.717) is 26.3 Å². The number of ether oxygens (including phenoxy) is 1. The van der Waals surface area contributed by atoms with Gasteiger partial charge in [0.2, 0.25) is 0 Å². The van der Waals surface area contributed by atoms with Crippen molar-refractivity contribution >= 4 is 38.5 Å². The molecular weight excluding hydrogens is 390 g/mol. The van der Waals surface area contributed by atoms with Crippen LogP contribution in [0.2, 0.25) is 0 Å². The van der Waals surface area contributed by atoms with Gasteiger partial charge in [-0.05, 0) is 40.8 Å². The molecule has 0 bridgehead atoms. The Balaban J connectivity index is 1.50. The monoisotopic (exact) mass is 413 g/mol. The first-order valence-electron chi connectivity index (χ1n) is 10.3. The molecule has 0 atom stereocenters. The SMILES string of the molecule is O=C(c1cc2c(C3=CC=C(c4ccccc4)CC=C3)cccc2s1)N1CCOCC1. The summed E-state index contributed by atoms with van der Waals surface area (Å²) >= 11 is 1.58. The number of hydrogen-bond acceptors (Lipinski definition) is 3. The minimum absolute atomic E-state index is 0.113. The number of amides is 1. The van der Waals surface area contributed by atoms with Crippen LogP contribution >= 0.6 is 11.3 Å². The molecule has 0 N–H and O–H groups in total.